The minimum Gasteiger partial charge on any atom is -0.468 e. The van der Waals surface area contributed by atoms with E-state index in [0.29, 0.717) is 0 Å². The van der Waals surface area contributed by atoms with Crippen LogP contribution in [0.5, 0.6) is 0 Å². The molecule has 9 nitrogen and oxygen atoms in total. The van der Waals surface area contributed by atoms with Crippen LogP contribution in [0.1, 0.15) is 39.2 Å². The van der Waals surface area contributed by atoms with Crippen LogP contribution in [0.3, 0.4) is 0 Å². The van der Waals surface area contributed by atoms with E-state index in [1.165, 1.54) is 11.0 Å². The number of piperidine rings is 1. The van der Waals surface area contributed by atoms with Crippen molar-refractivity contribution < 1.29 is 28.4 Å². The monoisotopic (exact) mass is 579 g/mol. The van der Waals surface area contributed by atoms with Crippen LogP contribution in [0.25, 0.3) is 10.9 Å². The van der Waals surface area contributed by atoms with Gasteiger partial charge in [-0.05, 0) is 55.6 Å². The second-order valence-corrected chi connectivity index (χ2v) is 10.4. The number of rotatable bonds is 3. The number of hydrogen-bond acceptors (Lipinski definition) is 7. The van der Waals surface area contributed by atoms with E-state index in [0.717, 1.165) is 7.11 Å². The number of carbonyl (C=O) groups is 2. The molecule has 0 radical (unpaired) electrons. The molecule has 0 aliphatic carbocycles. The Labute approximate surface area is 212 Å². The SMILES string of the molecule is COC(=O)C1(c2c([N+](=O)[O-])c(Cl)nc3c(F)c(Br)c(Cl)cc23)CCCN(C(=O)OC(C)(C)C)C1. The van der Waals surface area contributed by atoms with Gasteiger partial charge in [0.2, 0.25) is 5.15 Å². The number of ether oxygens (including phenoxy) is 2. The van der Waals surface area contributed by atoms with Crippen molar-refractivity contribution in [2.24, 2.45) is 0 Å². The maximum atomic E-state index is 15.1. The highest BCUT2D eigenvalue weighted by Gasteiger charge is 2.52. The minimum absolute atomic E-state index is 0.0601. The lowest BCUT2D eigenvalue weighted by Gasteiger charge is -2.41. The zero-order valence-corrected chi connectivity index (χ0v) is 21.8. The van der Waals surface area contributed by atoms with Gasteiger partial charge in [-0.2, -0.15) is 0 Å². The second kappa shape index (κ2) is 9.43. The van der Waals surface area contributed by atoms with Crippen molar-refractivity contribution in [3.8, 4) is 0 Å². The van der Waals surface area contributed by atoms with Crippen molar-refractivity contribution in [1.29, 1.82) is 0 Å². The lowest BCUT2D eigenvalue weighted by atomic mass is 9.72. The summed E-state index contributed by atoms with van der Waals surface area (Å²) in [4.78, 5) is 42.6. The first kappa shape index (κ1) is 26.4. The van der Waals surface area contributed by atoms with Gasteiger partial charge in [-0.1, -0.05) is 23.2 Å². The maximum Gasteiger partial charge on any atom is 0.410 e. The Kier molecular flexibility index (Phi) is 7.31. The molecule has 0 bridgehead atoms. The van der Waals surface area contributed by atoms with Gasteiger partial charge in [0.1, 0.15) is 16.5 Å². The van der Waals surface area contributed by atoms with Crippen LogP contribution in [0.4, 0.5) is 14.9 Å². The van der Waals surface area contributed by atoms with Gasteiger partial charge in [0, 0.05) is 18.5 Å². The number of nitro groups is 1. The first-order valence-electron chi connectivity index (χ1n) is 10.1. The second-order valence-electron chi connectivity index (χ2n) is 8.84. The topological polar surface area (TPSA) is 112 Å². The Balaban J connectivity index is 2.37. The first-order chi connectivity index (χ1) is 15.7. The smallest absolute Gasteiger partial charge is 0.410 e. The van der Waals surface area contributed by atoms with E-state index in [9.17, 15) is 19.7 Å². The highest BCUT2D eigenvalue weighted by molar-refractivity contribution is 9.10. The Bertz CT molecular complexity index is 1210. The molecule has 2 heterocycles. The van der Waals surface area contributed by atoms with E-state index in [2.05, 4.69) is 20.9 Å². The number of methoxy groups -OCH3 is 1. The molecule has 1 aliphatic heterocycles. The highest BCUT2D eigenvalue weighted by Crippen LogP contribution is 2.48. The molecule has 1 fully saturated rings. The summed E-state index contributed by atoms with van der Waals surface area (Å²) in [5.74, 6) is -1.76. The normalized spacial score (nSPS) is 18.6. The van der Waals surface area contributed by atoms with E-state index in [4.69, 9.17) is 32.7 Å². The average Bonchev–Trinajstić information content (AvgIpc) is 2.75. The predicted molar refractivity (Wildman–Crippen MR) is 127 cm³/mol. The van der Waals surface area contributed by atoms with Gasteiger partial charge in [0.15, 0.2) is 5.82 Å². The quantitative estimate of drug-likeness (QED) is 0.148. The molecule has 184 valence electrons. The molecule has 1 saturated heterocycles. The first-order valence-corrected chi connectivity index (χ1v) is 11.7. The Morgan fingerprint density at radius 2 is 2.00 bits per heavy atom. The number of hydrogen-bond donors (Lipinski definition) is 0. The molecule has 0 saturated carbocycles. The van der Waals surface area contributed by atoms with Crippen molar-refractivity contribution in [1.82, 2.24) is 9.88 Å². The summed E-state index contributed by atoms with van der Waals surface area (Å²) >= 11 is 15.3. The molecule has 2 aromatic rings. The van der Waals surface area contributed by atoms with E-state index in [1.54, 1.807) is 20.8 Å². The van der Waals surface area contributed by atoms with E-state index < -0.39 is 44.7 Å². The van der Waals surface area contributed by atoms with Gasteiger partial charge in [0.25, 0.3) is 0 Å². The van der Waals surface area contributed by atoms with Crippen LogP contribution >= 0.6 is 39.1 Å². The van der Waals surface area contributed by atoms with Crippen molar-refractivity contribution in [3.05, 3.63) is 42.2 Å². The lowest BCUT2D eigenvalue weighted by molar-refractivity contribution is -0.386. The third-order valence-corrected chi connectivity index (χ3v) is 6.99. The third kappa shape index (κ3) is 4.65. The summed E-state index contributed by atoms with van der Waals surface area (Å²) in [5, 5.41) is 11.3. The number of carbonyl (C=O) groups excluding carboxylic acids is 2. The van der Waals surface area contributed by atoms with Gasteiger partial charge in [-0.15, -0.1) is 0 Å². The largest absolute Gasteiger partial charge is 0.468 e. The summed E-state index contributed by atoms with van der Waals surface area (Å²) < 4.78 is 25.5. The summed E-state index contributed by atoms with van der Waals surface area (Å²) in [5.41, 5.74) is -3.81. The molecule has 1 amide bonds. The van der Waals surface area contributed by atoms with Crippen LogP contribution in [0.2, 0.25) is 10.2 Å². The van der Waals surface area contributed by atoms with Gasteiger partial charge >= 0.3 is 17.7 Å². The number of aromatic nitrogens is 1. The zero-order chi connectivity index (χ0) is 25.6. The predicted octanol–water partition coefficient (Wildman–Crippen LogP) is 5.79. The van der Waals surface area contributed by atoms with Crippen molar-refractivity contribution >= 4 is 67.8 Å². The fourth-order valence-electron chi connectivity index (χ4n) is 4.12. The average molecular weight is 581 g/mol. The molecule has 0 spiro atoms. The van der Waals surface area contributed by atoms with Gasteiger partial charge < -0.3 is 14.4 Å². The molecule has 1 aromatic heterocycles. The molecule has 1 atom stereocenters. The van der Waals surface area contributed by atoms with Crippen LogP contribution in [0, 0.1) is 15.9 Å². The zero-order valence-electron chi connectivity index (χ0n) is 18.7. The summed E-state index contributed by atoms with van der Waals surface area (Å²) in [7, 11) is 1.12. The Morgan fingerprint density at radius 1 is 1.35 bits per heavy atom. The van der Waals surface area contributed by atoms with E-state index in [1.807, 2.05) is 0 Å². The number of esters is 1. The number of halogens is 4. The Hall–Kier alpha value is -2.24. The third-order valence-electron chi connectivity index (χ3n) is 5.43. The molecule has 13 heteroatoms. The van der Waals surface area contributed by atoms with Crippen molar-refractivity contribution in [2.75, 3.05) is 20.2 Å². The molecule has 0 N–H and O–H groups in total. The number of fused-ring (bicyclic) bond motifs is 1. The molecular formula is C21H21BrCl2FN3O6. The molecule has 1 aromatic carbocycles. The Morgan fingerprint density at radius 3 is 2.56 bits per heavy atom. The van der Waals surface area contributed by atoms with Crippen LogP contribution in [-0.4, -0.2) is 52.7 Å². The molecule has 1 aliphatic rings. The van der Waals surface area contributed by atoms with Crippen LogP contribution < -0.4 is 0 Å². The number of likely N-dealkylation sites (tertiary alicyclic amines) is 1. The molecule has 34 heavy (non-hydrogen) atoms. The standard InChI is InChI=1S/C21H21BrCl2FN3O6/c1-20(2,3)34-19(30)27-7-5-6-21(9-27,18(29)33-4)12-10-8-11(23)13(22)14(25)15(10)26-17(24)16(12)28(31)32/h8H,5-7,9H2,1-4H3. The molecule has 1 unspecified atom stereocenters. The van der Waals surface area contributed by atoms with Crippen LogP contribution in [-0.2, 0) is 19.7 Å². The lowest BCUT2D eigenvalue weighted by Crippen LogP contribution is -2.54. The van der Waals surface area contributed by atoms with Gasteiger partial charge in [0.05, 0.1) is 27.1 Å². The fourth-order valence-corrected chi connectivity index (χ4v) is 4.87. The summed E-state index contributed by atoms with van der Waals surface area (Å²) in [6, 6.07) is 1.27. The highest BCUT2D eigenvalue weighted by atomic mass is 79.9. The van der Waals surface area contributed by atoms with Crippen molar-refractivity contribution in [3.63, 3.8) is 0 Å². The van der Waals surface area contributed by atoms with E-state index in [-0.39, 0.29) is 51.9 Å². The summed E-state index contributed by atoms with van der Waals surface area (Å²) in [6.45, 7) is 4.98. The van der Waals surface area contributed by atoms with Gasteiger partial charge in [-0.25, -0.2) is 14.2 Å². The molecular weight excluding hydrogens is 560 g/mol. The van der Waals surface area contributed by atoms with Crippen LogP contribution in [0.15, 0.2) is 10.5 Å². The minimum atomic E-state index is -1.76. The van der Waals surface area contributed by atoms with Gasteiger partial charge in [-0.3, -0.25) is 14.9 Å². The number of amides is 1. The maximum absolute atomic E-state index is 15.1. The number of nitrogens with zero attached hydrogens (tertiary/aromatic N) is 3. The fraction of sp³-hybridized carbons (Fsp3) is 0.476. The van der Waals surface area contributed by atoms with E-state index >= 15 is 4.39 Å². The number of benzene rings is 1. The molecule has 3 rings (SSSR count). The van der Waals surface area contributed by atoms with Crippen molar-refractivity contribution in [2.45, 2.75) is 44.6 Å². The number of pyridine rings is 1. The summed E-state index contributed by atoms with van der Waals surface area (Å²) in [6.07, 6.45) is -0.371.